The molecule has 0 amide bonds. The number of esters is 3. The molecule has 0 bridgehead atoms. The molecule has 2 saturated heterocycles. The predicted octanol–water partition coefficient (Wildman–Crippen LogP) is 2.37. The fourth-order valence-corrected chi connectivity index (χ4v) is 5.56. The van der Waals surface area contributed by atoms with Crippen molar-refractivity contribution in [1.29, 1.82) is 0 Å². The molecule has 2 rings (SSSR count). The maximum Gasteiger partial charge on any atom is 0.362 e. The minimum absolute atomic E-state index is 0.245. The van der Waals surface area contributed by atoms with E-state index in [-0.39, 0.29) is 11.8 Å². The summed E-state index contributed by atoms with van der Waals surface area (Å²) >= 11 is 2.17. The Balaban J connectivity index is 2.22. The minimum atomic E-state index is -1.44. The summed E-state index contributed by atoms with van der Waals surface area (Å²) in [6.45, 7) is 8.51. The highest BCUT2D eigenvalue weighted by atomic mass is 32.2. The second kappa shape index (κ2) is 5.96. The van der Waals surface area contributed by atoms with Crippen LogP contribution in [0.25, 0.3) is 0 Å². The lowest BCUT2D eigenvalue weighted by Gasteiger charge is -2.44. The van der Waals surface area contributed by atoms with E-state index in [0.717, 1.165) is 23.5 Å². The van der Waals surface area contributed by atoms with E-state index in [0.29, 0.717) is 5.75 Å². The molecule has 0 radical (unpaired) electrons. The first-order chi connectivity index (χ1) is 10.1. The van der Waals surface area contributed by atoms with Crippen LogP contribution in [-0.4, -0.2) is 33.5 Å². The van der Waals surface area contributed by atoms with Gasteiger partial charge in [-0.1, -0.05) is 39.5 Å². The zero-order valence-corrected chi connectivity index (χ0v) is 14.8. The van der Waals surface area contributed by atoms with Gasteiger partial charge < -0.3 is 14.2 Å². The predicted molar refractivity (Wildman–Crippen MR) is 82.6 cm³/mol. The van der Waals surface area contributed by atoms with Crippen LogP contribution in [-0.2, 0) is 28.6 Å². The molecule has 8 heteroatoms. The zero-order valence-electron chi connectivity index (χ0n) is 13.2. The number of hydrogen-bond donors (Lipinski definition) is 0. The van der Waals surface area contributed by atoms with Crippen LogP contribution >= 0.6 is 23.5 Å². The van der Waals surface area contributed by atoms with E-state index in [1.54, 1.807) is 27.7 Å². The average Bonchev–Trinajstić information content (AvgIpc) is 2.69. The van der Waals surface area contributed by atoms with E-state index < -0.39 is 33.2 Å². The van der Waals surface area contributed by atoms with Gasteiger partial charge in [-0.2, -0.15) is 0 Å². The molecule has 0 saturated carbocycles. The van der Waals surface area contributed by atoms with E-state index >= 15 is 0 Å². The van der Waals surface area contributed by atoms with Gasteiger partial charge in [-0.25, -0.2) is 0 Å². The maximum absolute atomic E-state index is 12.6. The normalized spacial score (nSPS) is 26.2. The van der Waals surface area contributed by atoms with Crippen molar-refractivity contribution in [2.75, 3.05) is 5.75 Å². The van der Waals surface area contributed by atoms with Gasteiger partial charge >= 0.3 is 22.4 Å². The van der Waals surface area contributed by atoms with Gasteiger partial charge in [0.2, 0.25) is 0 Å². The molecule has 0 aromatic heterocycles. The Morgan fingerprint density at radius 3 is 2.09 bits per heavy atom. The van der Waals surface area contributed by atoms with Crippen LogP contribution in [0.5, 0.6) is 0 Å². The van der Waals surface area contributed by atoms with E-state index in [4.69, 9.17) is 14.2 Å². The monoisotopic (exact) mass is 348 g/mol. The molecule has 2 fully saturated rings. The molecule has 1 unspecified atom stereocenters. The lowest BCUT2D eigenvalue weighted by atomic mass is 9.68. The van der Waals surface area contributed by atoms with E-state index in [1.807, 2.05) is 0 Å². The molecule has 124 valence electrons. The van der Waals surface area contributed by atoms with Crippen LogP contribution in [0.15, 0.2) is 0 Å². The van der Waals surface area contributed by atoms with Crippen molar-refractivity contribution in [2.24, 2.45) is 17.3 Å². The molecule has 1 atom stereocenters. The largest absolute Gasteiger partial charge is 0.450 e. The quantitative estimate of drug-likeness (QED) is 0.568. The highest BCUT2D eigenvalue weighted by Gasteiger charge is 2.64. The fourth-order valence-electron chi connectivity index (χ4n) is 2.86. The van der Waals surface area contributed by atoms with Gasteiger partial charge in [0.15, 0.2) is 10.9 Å². The molecule has 0 aromatic carbocycles. The van der Waals surface area contributed by atoms with Gasteiger partial charge in [0.05, 0.1) is 0 Å². The van der Waals surface area contributed by atoms with Crippen LogP contribution in [0.1, 0.15) is 34.6 Å². The van der Waals surface area contributed by atoms with Crippen LogP contribution in [0.4, 0.5) is 0 Å². The fraction of sp³-hybridized carbons (Fsp3) is 0.786. The third-order valence-electron chi connectivity index (χ3n) is 3.90. The van der Waals surface area contributed by atoms with Crippen molar-refractivity contribution in [3.63, 3.8) is 0 Å². The third-order valence-corrected chi connectivity index (χ3v) is 6.73. The standard InChI is InChI=1S/C14H20O6S2/c1-7(2)13(8(3)4)11(16)19-14(20-12(13)17)21-6-10(22-14)18-9(5)15/h7-8,10H,6H2,1-5H3. The summed E-state index contributed by atoms with van der Waals surface area (Å²) in [5.41, 5.74) is -1.81. The summed E-state index contributed by atoms with van der Waals surface area (Å²) in [4.78, 5) is 36.3. The SMILES string of the molecule is CC(=O)OC1CSC2(OC(=O)C(C(C)C)(C(C)C)C(=O)O2)S1. The Labute approximate surface area is 138 Å². The Kier molecular flexibility index (Phi) is 4.73. The van der Waals surface area contributed by atoms with E-state index in [9.17, 15) is 14.4 Å². The molecule has 1 spiro atoms. The van der Waals surface area contributed by atoms with Crippen molar-refractivity contribution in [2.45, 2.75) is 44.5 Å². The number of rotatable bonds is 3. The Morgan fingerprint density at radius 2 is 1.68 bits per heavy atom. The van der Waals surface area contributed by atoms with Crippen molar-refractivity contribution in [1.82, 2.24) is 0 Å². The molecular formula is C14H20O6S2. The average molecular weight is 348 g/mol. The van der Waals surface area contributed by atoms with Gasteiger partial charge in [-0.05, 0) is 23.6 Å². The Hall–Kier alpha value is -0.890. The van der Waals surface area contributed by atoms with Crippen molar-refractivity contribution < 1.29 is 28.6 Å². The van der Waals surface area contributed by atoms with Crippen LogP contribution in [0.2, 0.25) is 0 Å². The highest BCUT2D eigenvalue weighted by molar-refractivity contribution is 8.21. The first-order valence-electron chi connectivity index (χ1n) is 7.10. The van der Waals surface area contributed by atoms with Gasteiger partial charge in [0.1, 0.15) is 0 Å². The summed E-state index contributed by atoms with van der Waals surface area (Å²) in [6.07, 6.45) is 0. The summed E-state index contributed by atoms with van der Waals surface area (Å²) in [6, 6.07) is 0. The van der Waals surface area contributed by atoms with E-state index in [2.05, 4.69) is 0 Å². The van der Waals surface area contributed by atoms with Gasteiger partial charge in [-0.15, -0.1) is 0 Å². The summed E-state index contributed by atoms with van der Waals surface area (Å²) in [7, 11) is 0. The van der Waals surface area contributed by atoms with Gasteiger partial charge in [0.25, 0.3) is 0 Å². The number of carbonyl (C=O) groups is 3. The molecule has 6 nitrogen and oxygen atoms in total. The first kappa shape index (κ1) is 17.5. The number of hydrogen-bond acceptors (Lipinski definition) is 8. The Morgan fingerprint density at radius 1 is 1.18 bits per heavy atom. The maximum atomic E-state index is 12.6. The summed E-state index contributed by atoms with van der Waals surface area (Å²) in [5.74, 6) is -1.67. The van der Waals surface area contributed by atoms with Crippen molar-refractivity contribution >= 4 is 41.4 Å². The highest BCUT2D eigenvalue weighted by Crippen LogP contribution is 2.56. The van der Waals surface area contributed by atoms with Crippen molar-refractivity contribution in [3.8, 4) is 0 Å². The number of thioether (sulfide) groups is 2. The van der Waals surface area contributed by atoms with Gasteiger partial charge in [-0.3, -0.25) is 14.4 Å². The van der Waals surface area contributed by atoms with Crippen LogP contribution < -0.4 is 0 Å². The number of ether oxygens (including phenoxy) is 3. The molecule has 2 aliphatic rings. The first-order valence-corrected chi connectivity index (χ1v) is 8.96. The second-order valence-corrected chi connectivity index (χ2v) is 8.64. The lowest BCUT2D eigenvalue weighted by Crippen LogP contribution is -2.58. The van der Waals surface area contributed by atoms with Crippen molar-refractivity contribution in [3.05, 3.63) is 0 Å². The molecule has 0 aromatic rings. The van der Waals surface area contributed by atoms with Gasteiger partial charge in [0, 0.05) is 12.7 Å². The van der Waals surface area contributed by atoms with E-state index in [1.165, 1.54) is 6.92 Å². The molecule has 2 heterocycles. The topological polar surface area (TPSA) is 78.9 Å². The lowest BCUT2D eigenvalue weighted by molar-refractivity contribution is -0.222. The zero-order chi connectivity index (χ0) is 16.7. The number of carbonyl (C=O) groups excluding carboxylic acids is 3. The summed E-state index contributed by atoms with van der Waals surface area (Å²) < 4.78 is 14.7. The smallest absolute Gasteiger partial charge is 0.362 e. The van der Waals surface area contributed by atoms with Crippen LogP contribution in [0, 0.1) is 17.3 Å². The minimum Gasteiger partial charge on any atom is -0.450 e. The third kappa shape index (κ3) is 2.71. The molecular weight excluding hydrogens is 328 g/mol. The molecule has 22 heavy (non-hydrogen) atoms. The Bertz CT molecular complexity index is 474. The molecule has 2 aliphatic heterocycles. The second-order valence-electron chi connectivity index (χ2n) is 5.93. The molecule has 0 N–H and O–H groups in total. The molecule has 0 aliphatic carbocycles. The van der Waals surface area contributed by atoms with Crippen LogP contribution in [0.3, 0.4) is 0 Å². The summed E-state index contributed by atoms with van der Waals surface area (Å²) in [5, 5.41) is 0.